The van der Waals surface area contributed by atoms with Crippen LogP contribution in [0.1, 0.15) is 164 Å². The van der Waals surface area contributed by atoms with E-state index in [1.807, 2.05) is 274 Å². The lowest BCUT2D eigenvalue weighted by atomic mass is 9.82. The molecule has 2 saturated carbocycles. The van der Waals surface area contributed by atoms with Crippen LogP contribution in [0.2, 0.25) is 0 Å². The van der Waals surface area contributed by atoms with E-state index in [4.69, 9.17) is 0 Å². The highest BCUT2D eigenvalue weighted by Gasteiger charge is 2.45. The molecule has 12 aromatic rings. The summed E-state index contributed by atoms with van der Waals surface area (Å²) in [6.45, 7) is 16.0. The lowest BCUT2D eigenvalue weighted by Gasteiger charge is -2.41. The van der Waals surface area contributed by atoms with Gasteiger partial charge < -0.3 is 0 Å². The number of nitrogens with zero attached hydrogens (tertiary/aromatic N) is 4. The molecular formula is C92H92N4O8. The standard InChI is InChI=1S/C50H42N2O4.C42H50N2O4/c53-49(47(41-27-11-19-33-15-1-5-23-37(33)41)42-28-12-20-34-16-2-6-24-38(34)42)51(55)45-31-9-10-32-46(45)52(56)50(54)48(43-29-13-21-35-17-3-7-25-39(35)43)44-30-14-22-36-18-4-8-26-40(36)44;1-25-13-26(2)18-33(17-25)39(34-19-27(3)14-28(4)20-34)41(45)43(47)37-11-9-10-12-38(37)44(48)42(46)40(35-21-29(5)15-30(6)22-35)36-23-31(7)16-32(8)24-36/h1-8,11-30,45-48,55-56H,9-10,31-32H2;13-24,37-40,47-48H,9-12H2,1-8H3/t45-,46?;37-,38?/m11/s1. The molecule has 4 amide bonds. The first kappa shape index (κ1) is 71.8. The molecule has 2 aliphatic rings. The van der Waals surface area contributed by atoms with E-state index in [2.05, 4.69) is 24.3 Å². The van der Waals surface area contributed by atoms with Crippen LogP contribution in [0.4, 0.5) is 0 Å². The van der Waals surface area contributed by atoms with Gasteiger partial charge in [-0.25, -0.2) is 20.3 Å². The second-order valence-electron chi connectivity index (χ2n) is 29.3. The molecule has 0 aromatic heterocycles. The van der Waals surface area contributed by atoms with Crippen molar-refractivity contribution in [1.29, 1.82) is 0 Å². The Labute approximate surface area is 609 Å². The summed E-state index contributed by atoms with van der Waals surface area (Å²) in [6, 6.07) is 76.6. The average Bonchev–Trinajstić information content (AvgIpc) is 0.765. The predicted molar refractivity (Wildman–Crippen MR) is 413 cm³/mol. The maximum absolute atomic E-state index is 15.1. The second kappa shape index (κ2) is 31.2. The Morgan fingerprint density at radius 2 is 0.442 bits per heavy atom. The molecule has 2 unspecified atom stereocenters. The first-order valence-electron chi connectivity index (χ1n) is 36.5. The van der Waals surface area contributed by atoms with Crippen LogP contribution >= 0.6 is 0 Å². The summed E-state index contributed by atoms with van der Waals surface area (Å²) >= 11 is 0. The van der Waals surface area contributed by atoms with Crippen molar-refractivity contribution in [3.05, 3.63) is 332 Å². The molecule has 0 aliphatic heterocycles. The number of fused-ring (bicyclic) bond motifs is 4. The Balaban J connectivity index is 0.000000187. The van der Waals surface area contributed by atoms with Gasteiger partial charge in [-0.1, -0.05) is 313 Å². The maximum atomic E-state index is 15.1. The maximum Gasteiger partial charge on any atom is 0.258 e. The molecule has 0 heterocycles. The van der Waals surface area contributed by atoms with E-state index in [0.717, 1.165) is 178 Å². The fourth-order valence-corrected chi connectivity index (χ4v) is 17.0. The van der Waals surface area contributed by atoms with E-state index < -0.39 is 71.5 Å². The van der Waals surface area contributed by atoms with Crippen LogP contribution in [-0.4, -0.2) is 88.9 Å². The molecule has 4 atom stereocenters. The van der Waals surface area contributed by atoms with Crippen LogP contribution in [0.3, 0.4) is 0 Å². The van der Waals surface area contributed by atoms with Gasteiger partial charge in [0.05, 0.1) is 47.8 Å². The normalized spacial score (nSPS) is 16.1. The van der Waals surface area contributed by atoms with Crippen LogP contribution in [-0.2, 0) is 19.2 Å². The highest BCUT2D eigenvalue weighted by Crippen LogP contribution is 2.43. The minimum atomic E-state index is -0.860. The average molecular weight is 1380 g/mol. The van der Waals surface area contributed by atoms with Crippen molar-refractivity contribution in [3.63, 3.8) is 0 Å². The third-order valence-electron chi connectivity index (χ3n) is 21.4. The fraction of sp³-hybridized carbons (Fsp3) is 0.261. The summed E-state index contributed by atoms with van der Waals surface area (Å²) in [7, 11) is 0. The molecule has 2 aliphatic carbocycles. The Morgan fingerprint density at radius 3 is 0.654 bits per heavy atom. The van der Waals surface area contributed by atoms with Gasteiger partial charge in [-0.05, 0) is 169 Å². The second-order valence-corrected chi connectivity index (χ2v) is 29.3. The zero-order valence-electron chi connectivity index (χ0n) is 60.6. The summed E-state index contributed by atoms with van der Waals surface area (Å²) in [5.74, 6) is -5.17. The number of carbonyl (C=O) groups is 4. The van der Waals surface area contributed by atoms with Gasteiger partial charge in [-0.3, -0.25) is 40.0 Å². The molecule has 12 aromatic carbocycles. The quantitative estimate of drug-likeness (QED) is 0.0549. The monoisotopic (exact) mass is 1380 g/mol. The molecule has 0 saturated heterocycles. The van der Waals surface area contributed by atoms with Crippen LogP contribution in [0.15, 0.2) is 243 Å². The predicted octanol–water partition coefficient (Wildman–Crippen LogP) is 19.9. The van der Waals surface area contributed by atoms with Crippen molar-refractivity contribution < 1.29 is 40.0 Å². The first-order valence-corrected chi connectivity index (χ1v) is 36.5. The third-order valence-corrected chi connectivity index (χ3v) is 21.4. The van der Waals surface area contributed by atoms with E-state index in [1.54, 1.807) is 0 Å². The molecule has 12 nitrogen and oxygen atoms in total. The smallest absolute Gasteiger partial charge is 0.258 e. The van der Waals surface area contributed by atoms with Crippen molar-refractivity contribution in [2.24, 2.45) is 0 Å². The summed E-state index contributed by atoms with van der Waals surface area (Å²) in [4.78, 5) is 59.3. The molecule has 2 fully saturated rings. The molecule has 104 heavy (non-hydrogen) atoms. The zero-order chi connectivity index (χ0) is 73.0. The largest absolute Gasteiger partial charge is 0.286 e. The zero-order valence-corrected chi connectivity index (χ0v) is 60.6. The van der Waals surface area contributed by atoms with Crippen molar-refractivity contribution in [2.45, 2.75) is 155 Å². The Kier molecular flexibility index (Phi) is 21.5. The number of benzene rings is 12. The molecule has 4 N–H and O–H groups in total. The lowest BCUT2D eigenvalue weighted by molar-refractivity contribution is -0.213. The van der Waals surface area contributed by atoms with Gasteiger partial charge in [0.2, 0.25) is 0 Å². The third kappa shape index (κ3) is 15.0. The van der Waals surface area contributed by atoms with Crippen LogP contribution < -0.4 is 0 Å². The minimum absolute atomic E-state index is 0.419. The summed E-state index contributed by atoms with van der Waals surface area (Å²) in [5.41, 5.74) is 14.6. The molecule has 0 bridgehead atoms. The number of hydrogen-bond donors (Lipinski definition) is 4. The number of amides is 4. The Hall–Kier alpha value is -10.6. The van der Waals surface area contributed by atoms with Crippen molar-refractivity contribution in [3.8, 4) is 0 Å². The van der Waals surface area contributed by atoms with Gasteiger partial charge >= 0.3 is 0 Å². The first-order chi connectivity index (χ1) is 50.2. The van der Waals surface area contributed by atoms with Crippen molar-refractivity contribution in [1.82, 2.24) is 20.3 Å². The topological polar surface area (TPSA) is 162 Å². The van der Waals surface area contributed by atoms with E-state index in [9.17, 15) is 30.4 Å². The molecule has 0 spiro atoms. The van der Waals surface area contributed by atoms with Crippen molar-refractivity contribution in [2.75, 3.05) is 0 Å². The highest BCUT2D eigenvalue weighted by molar-refractivity contribution is 6.01. The summed E-state index contributed by atoms with van der Waals surface area (Å²) in [5, 5.41) is 59.2. The van der Waals surface area contributed by atoms with E-state index in [-0.39, 0.29) is 0 Å². The number of rotatable bonds is 16. The summed E-state index contributed by atoms with van der Waals surface area (Å²) in [6.07, 6.45) is 4.76. The lowest BCUT2D eigenvalue weighted by Crippen LogP contribution is -2.56. The minimum Gasteiger partial charge on any atom is -0.286 e. The fourth-order valence-electron chi connectivity index (χ4n) is 17.0. The summed E-state index contributed by atoms with van der Waals surface area (Å²) < 4.78 is 0. The van der Waals surface area contributed by atoms with Gasteiger partial charge in [0.25, 0.3) is 23.6 Å². The Bertz CT molecular complexity index is 4520. The van der Waals surface area contributed by atoms with E-state index in [0.29, 0.717) is 25.7 Å². The molecular weight excluding hydrogens is 1290 g/mol. The molecule has 0 radical (unpaired) electrons. The molecule has 528 valence electrons. The van der Waals surface area contributed by atoms with Gasteiger partial charge in [0.15, 0.2) is 0 Å². The van der Waals surface area contributed by atoms with Gasteiger partial charge in [-0.15, -0.1) is 0 Å². The number of hydrogen-bond acceptors (Lipinski definition) is 8. The number of hydroxylamine groups is 8. The SMILES string of the molecule is Cc1cc(C)cc(C(C(=O)N(O)C2CCCC[C@H]2N(O)C(=O)C(c2cc(C)cc(C)c2)c2cc(C)cc(C)c2)c2cc(C)cc(C)c2)c1.O=C(C(c1cccc2ccccc12)c1cccc2ccccc12)N(O)C1CCCC[C@H]1N(O)C(=O)C(c1cccc2ccccc12)c1cccc2ccccc12. The van der Waals surface area contributed by atoms with Crippen LogP contribution in [0.5, 0.6) is 0 Å². The van der Waals surface area contributed by atoms with Crippen molar-refractivity contribution >= 4 is 66.7 Å². The molecule has 12 heteroatoms. The molecule has 14 rings (SSSR count). The number of carbonyl (C=O) groups excluding carboxylic acids is 4. The van der Waals surface area contributed by atoms with Crippen LogP contribution in [0, 0.1) is 55.4 Å². The van der Waals surface area contributed by atoms with Gasteiger partial charge in [0.1, 0.15) is 0 Å². The Morgan fingerprint density at radius 1 is 0.260 bits per heavy atom. The van der Waals surface area contributed by atoms with Gasteiger partial charge in [-0.2, -0.15) is 0 Å². The van der Waals surface area contributed by atoms with E-state index >= 15 is 9.59 Å². The number of aryl methyl sites for hydroxylation is 8. The highest BCUT2D eigenvalue weighted by atomic mass is 16.5. The van der Waals surface area contributed by atoms with Crippen LogP contribution in [0.25, 0.3) is 43.1 Å². The van der Waals surface area contributed by atoms with Gasteiger partial charge in [0, 0.05) is 0 Å². The van der Waals surface area contributed by atoms with E-state index in [1.165, 1.54) is 0 Å².